The smallest absolute Gasteiger partial charge is 0.324 e. The molecule has 6 amide bonds. The van der Waals surface area contributed by atoms with E-state index in [4.69, 9.17) is 23.2 Å². The van der Waals surface area contributed by atoms with E-state index in [-0.39, 0.29) is 52.5 Å². The number of nitrogens with one attached hydrogen (secondary N) is 4. The monoisotopic (exact) mass is 1290 g/mol. The minimum Gasteiger partial charge on any atom is -0.353 e. The van der Waals surface area contributed by atoms with Crippen molar-refractivity contribution < 1.29 is 14.4 Å². The van der Waals surface area contributed by atoms with Crippen LogP contribution in [0, 0.1) is 6.92 Å². The van der Waals surface area contributed by atoms with Crippen LogP contribution >= 0.6 is 23.2 Å². The highest BCUT2D eigenvalue weighted by Gasteiger charge is 2.33. The molecule has 92 heavy (non-hydrogen) atoms. The molecule has 0 spiro atoms. The van der Waals surface area contributed by atoms with E-state index in [0.29, 0.717) is 73.7 Å². The molecule has 23 heteroatoms. The molecule has 4 N–H and O–H groups in total. The molecule has 0 bridgehead atoms. The number of pyridine rings is 3. The zero-order valence-electron chi connectivity index (χ0n) is 55.7. The van der Waals surface area contributed by atoms with Crippen LogP contribution in [0.25, 0.3) is 33.1 Å². The van der Waals surface area contributed by atoms with Gasteiger partial charge in [0.15, 0.2) is 0 Å². The van der Waals surface area contributed by atoms with Gasteiger partial charge in [-0.3, -0.25) is 16.0 Å². The number of hydrogen-bond donors (Lipinski definition) is 4. The fourth-order valence-electron chi connectivity index (χ4n) is 12.0. The van der Waals surface area contributed by atoms with Crippen molar-refractivity contribution in [2.75, 3.05) is 89.6 Å². The second kappa shape index (κ2) is 26.9. The van der Waals surface area contributed by atoms with Crippen molar-refractivity contribution in [1.82, 2.24) is 58.7 Å². The zero-order valence-corrected chi connectivity index (χ0v) is 57.2. The van der Waals surface area contributed by atoms with Crippen LogP contribution in [0.1, 0.15) is 105 Å². The number of aryl methyl sites for hydroxylation is 3. The summed E-state index contributed by atoms with van der Waals surface area (Å²) in [6.45, 7) is 33.8. The molecule has 0 saturated carbocycles. The number of aromatic nitrogens is 9. The topological polar surface area (TPSA) is 210 Å². The molecule has 0 unspecified atom stereocenters. The molecule has 3 aliphatic rings. The second-order valence-electron chi connectivity index (χ2n) is 27.5. The SMILES string of the molecule is C[C@@H]1CN(c2ncccc2Cl)CCN1C(=O)Nc1nc2cc(C(C)(C)C)ccc2n1C.C[C@@H]1CN(c2ncccc2Cl)CCN1C(=O)Nc1nc2ccc(C(C)(C)C)cc2n1C.Cc1cccnc1N1CCN(C(=O)Nc2nc3ccc(C(C)(C)C)cc3[nH]2)[C@H](C)C1. The molecule has 3 fully saturated rings. The lowest BCUT2D eigenvalue weighted by molar-refractivity contribution is 0.183. The summed E-state index contributed by atoms with van der Waals surface area (Å²) < 4.78 is 3.87. The third-order valence-corrected chi connectivity index (χ3v) is 18.1. The summed E-state index contributed by atoms with van der Waals surface area (Å²) in [7, 11) is 3.86. The maximum atomic E-state index is 13.0. The quantitative estimate of drug-likeness (QED) is 0.123. The number of hydrogen-bond acceptors (Lipinski definition) is 12. The third kappa shape index (κ3) is 14.8. The Hall–Kier alpha value is -8.69. The summed E-state index contributed by atoms with van der Waals surface area (Å²) in [5.74, 6) is 4.11. The van der Waals surface area contributed by atoms with Gasteiger partial charge in [-0.2, -0.15) is 0 Å². The minimum absolute atomic E-state index is 0.00833. The lowest BCUT2D eigenvalue weighted by Crippen LogP contribution is -2.55. The van der Waals surface area contributed by atoms with Gasteiger partial charge in [-0.25, -0.2) is 44.3 Å². The lowest BCUT2D eigenvalue weighted by Gasteiger charge is -2.40. The first-order valence-electron chi connectivity index (χ1n) is 31.6. The van der Waals surface area contributed by atoms with Gasteiger partial charge in [-0.1, -0.05) is 110 Å². The van der Waals surface area contributed by atoms with E-state index in [0.717, 1.165) is 69.2 Å². The van der Waals surface area contributed by atoms with E-state index in [1.165, 1.54) is 16.7 Å². The highest BCUT2D eigenvalue weighted by molar-refractivity contribution is 6.33. The number of imidazole rings is 3. The molecule has 0 aliphatic carbocycles. The van der Waals surface area contributed by atoms with Crippen LogP contribution in [0.5, 0.6) is 0 Å². The number of nitrogens with zero attached hydrogens (tertiary/aromatic N) is 14. The molecular weight excluding hydrogens is 1200 g/mol. The van der Waals surface area contributed by atoms with Crippen LogP contribution in [-0.4, -0.2) is 154 Å². The predicted octanol–water partition coefficient (Wildman–Crippen LogP) is 13.6. The largest absolute Gasteiger partial charge is 0.353 e. The number of piperazine rings is 3. The fraction of sp³-hybridized carbons (Fsp3) is 0.435. The third-order valence-electron chi connectivity index (χ3n) is 17.5. The van der Waals surface area contributed by atoms with Crippen LogP contribution < -0.4 is 30.7 Å². The molecule has 21 nitrogen and oxygen atoms in total. The Morgan fingerprint density at radius 2 is 0.891 bits per heavy atom. The van der Waals surface area contributed by atoms with Crippen LogP contribution in [-0.2, 0) is 30.3 Å². The molecule has 3 atom stereocenters. The Morgan fingerprint density at radius 3 is 1.37 bits per heavy atom. The maximum Gasteiger partial charge on any atom is 0.324 e. The normalized spacial score (nSPS) is 17.3. The van der Waals surface area contributed by atoms with Crippen molar-refractivity contribution in [3.05, 3.63) is 142 Å². The molecule has 0 radical (unpaired) electrons. The van der Waals surface area contributed by atoms with Crippen molar-refractivity contribution in [3.63, 3.8) is 0 Å². The van der Waals surface area contributed by atoms with Crippen molar-refractivity contribution >= 4 is 110 Å². The molecule has 6 aromatic heterocycles. The van der Waals surface area contributed by atoms with Crippen molar-refractivity contribution in [2.24, 2.45) is 14.1 Å². The summed E-state index contributed by atoms with van der Waals surface area (Å²) in [5, 5.41) is 10.2. The van der Waals surface area contributed by atoms with Crippen molar-refractivity contribution in [2.45, 2.75) is 124 Å². The van der Waals surface area contributed by atoms with E-state index in [1.54, 1.807) is 12.4 Å². The standard InChI is InChI=1S/2C23H29ClN6O.C23H30N6O/c1-15-14-29(20-17(24)7-6-10-25-20)11-12-30(15)22(31)27-21-26-18-13-16(23(2,3)4)8-9-19(18)28(21)5;1-15-14-29(20-17(24)7-6-10-25-20)11-12-30(15)22(31)27-21-26-18-9-8-16(23(2,3)4)13-19(18)28(21)5;1-15-7-6-10-24-20(15)28-11-12-29(16(2)14-28)22(30)27-21-25-18-9-8-17(23(3,4)5)13-19(18)26-21/h2*6-10,13,15H,11-12,14H2,1-5H3,(H,26,27,31);6-10,13,16H,11-12,14H2,1-5H3,(H2,25,26,27,30)/t2*15-;16-/m111/s1. The van der Waals surface area contributed by atoms with Crippen LogP contribution in [0.2, 0.25) is 10.0 Å². The highest BCUT2D eigenvalue weighted by Crippen LogP contribution is 2.33. The summed E-state index contributed by atoms with van der Waals surface area (Å²) in [6, 6.07) is 29.8. The molecule has 3 saturated heterocycles. The number of rotatable bonds is 6. The van der Waals surface area contributed by atoms with Crippen LogP contribution in [0.3, 0.4) is 0 Å². The van der Waals surface area contributed by atoms with Gasteiger partial charge in [0.2, 0.25) is 17.8 Å². The number of amides is 6. The fourth-order valence-corrected chi connectivity index (χ4v) is 12.5. The van der Waals surface area contributed by atoms with E-state index in [1.807, 2.05) is 100 Å². The Labute approximate surface area is 549 Å². The first kappa shape index (κ1) is 66.2. The Morgan fingerprint density at radius 1 is 0.478 bits per heavy atom. The Balaban J connectivity index is 0.000000151. The Kier molecular flexibility index (Phi) is 19.3. The minimum atomic E-state index is -0.145. The van der Waals surface area contributed by atoms with Gasteiger partial charge >= 0.3 is 18.1 Å². The average molecular weight is 1290 g/mol. The summed E-state index contributed by atoms with van der Waals surface area (Å²) in [6.07, 6.45) is 5.29. The van der Waals surface area contributed by atoms with Gasteiger partial charge < -0.3 is 43.5 Å². The molecule has 486 valence electrons. The summed E-state index contributed by atoms with van der Waals surface area (Å²) in [4.78, 5) is 81.5. The number of urea groups is 3. The number of carbonyl (C=O) groups is 3. The molecule has 9 aromatic rings. The zero-order chi connectivity index (χ0) is 66.1. The van der Waals surface area contributed by atoms with Gasteiger partial charge in [-0.05, 0) is 133 Å². The number of fused-ring (bicyclic) bond motifs is 3. The van der Waals surface area contributed by atoms with Gasteiger partial charge in [0.25, 0.3) is 0 Å². The second-order valence-corrected chi connectivity index (χ2v) is 28.3. The number of halogens is 2. The number of carbonyl (C=O) groups excluding carboxylic acids is 3. The number of H-pyrrole nitrogens is 1. The van der Waals surface area contributed by atoms with E-state index < -0.39 is 0 Å². The van der Waals surface area contributed by atoms with Gasteiger partial charge in [-0.15, -0.1) is 0 Å². The first-order chi connectivity index (χ1) is 43.5. The van der Waals surface area contributed by atoms with Crippen LogP contribution in [0.15, 0.2) is 110 Å². The summed E-state index contributed by atoms with van der Waals surface area (Å²) >= 11 is 12.6. The number of anilines is 6. The molecule has 3 aromatic carbocycles. The Bertz CT molecular complexity index is 4060. The average Bonchev–Trinajstić information content (AvgIpc) is 1.63. The van der Waals surface area contributed by atoms with Crippen LogP contribution in [0.4, 0.5) is 49.7 Å². The molecule has 9 heterocycles. The predicted molar refractivity (Wildman–Crippen MR) is 373 cm³/mol. The number of benzene rings is 3. The van der Waals surface area contributed by atoms with E-state index in [2.05, 4.69) is 190 Å². The van der Waals surface area contributed by atoms with Gasteiger partial charge in [0.05, 0.1) is 43.1 Å². The first-order valence-corrected chi connectivity index (χ1v) is 32.3. The van der Waals surface area contributed by atoms with Crippen molar-refractivity contribution in [1.29, 1.82) is 0 Å². The van der Waals surface area contributed by atoms with E-state index >= 15 is 0 Å². The van der Waals surface area contributed by atoms with E-state index in [9.17, 15) is 14.4 Å². The van der Waals surface area contributed by atoms with Gasteiger partial charge in [0, 0.05) is 110 Å². The van der Waals surface area contributed by atoms with Gasteiger partial charge in [0.1, 0.15) is 17.5 Å². The summed E-state index contributed by atoms with van der Waals surface area (Å²) in [5.41, 5.74) is 10.5. The molecule has 3 aliphatic heterocycles. The van der Waals surface area contributed by atoms with Crippen molar-refractivity contribution in [3.8, 4) is 0 Å². The maximum absolute atomic E-state index is 13.0. The lowest BCUT2D eigenvalue weighted by atomic mass is 9.87. The molecule has 12 rings (SSSR count). The number of aromatic amines is 1. The molecular formula is C69H88Cl2N18O3. The highest BCUT2D eigenvalue weighted by atomic mass is 35.5.